The lowest BCUT2D eigenvalue weighted by Gasteiger charge is -2.35. The van der Waals surface area contributed by atoms with Gasteiger partial charge in [0.05, 0.1) is 13.2 Å². The topological polar surface area (TPSA) is 30.5 Å². The van der Waals surface area contributed by atoms with Crippen molar-refractivity contribution in [2.45, 2.75) is 25.1 Å². The molecule has 1 fully saturated rings. The molecule has 0 saturated carbocycles. The first kappa shape index (κ1) is 15.4. The molecule has 2 heterocycles. The van der Waals surface area contributed by atoms with Gasteiger partial charge in [0.1, 0.15) is 18.2 Å². The lowest BCUT2D eigenvalue weighted by Crippen LogP contribution is -2.50. The summed E-state index contributed by atoms with van der Waals surface area (Å²) in [5, 5.41) is 3.47. The van der Waals surface area contributed by atoms with Crippen molar-refractivity contribution in [3.05, 3.63) is 71.6 Å². The van der Waals surface area contributed by atoms with E-state index in [9.17, 15) is 4.39 Å². The summed E-state index contributed by atoms with van der Waals surface area (Å²) in [4.78, 5) is 0. The Balaban J connectivity index is 1.49. The predicted octanol–water partition coefficient (Wildman–Crippen LogP) is 3.55. The van der Waals surface area contributed by atoms with E-state index >= 15 is 0 Å². The first-order valence-electron chi connectivity index (χ1n) is 8.29. The minimum Gasteiger partial charge on any atom is -0.489 e. The van der Waals surface area contributed by atoms with Gasteiger partial charge in [-0.2, -0.15) is 0 Å². The van der Waals surface area contributed by atoms with E-state index in [2.05, 4.69) is 11.4 Å². The van der Waals surface area contributed by atoms with Crippen molar-refractivity contribution in [3.63, 3.8) is 0 Å². The van der Waals surface area contributed by atoms with Crippen molar-refractivity contribution >= 4 is 5.57 Å². The predicted molar refractivity (Wildman–Crippen MR) is 91.3 cm³/mol. The summed E-state index contributed by atoms with van der Waals surface area (Å²) in [6.07, 6.45) is 2.87. The van der Waals surface area contributed by atoms with Crippen molar-refractivity contribution in [2.75, 3.05) is 13.2 Å². The van der Waals surface area contributed by atoms with Gasteiger partial charge in [-0.05, 0) is 29.7 Å². The van der Waals surface area contributed by atoms with Crippen molar-refractivity contribution < 1.29 is 13.9 Å². The van der Waals surface area contributed by atoms with Crippen LogP contribution >= 0.6 is 0 Å². The highest BCUT2D eigenvalue weighted by molar-refractivity contribution is 5.68. The number of benzene rings is 2. The molecule has 2 aliphatic rings. The molecule has 1 N–H and O–H groups in total. The second kappa shape index (κ2) is 6.75. The number of rotatable bonds is 4. The summed E-state index contributed by atoms with van der Waals surface area (Å²) < 4.78 is 25.8. The van der Waals surface area contributed by atoms with Crippen LogP contribution in [0, 0.1) is 5.82 Å². The maximum absolute atomic E-state index is 14.6. The molecule has 2 bridgehead atoms. The number of nitrogens with one attached hydrogen (secondary N) is 1. The highest BCUT2D eigenvalue weighted by Gasteiger charge is 2.27. The summed E-state index contributed by atoms with van der Waals surface area (Å²) in [6.45, 7) is 1.78. The highest BCUT2D eigenvalue weighted by Crippen LogP contribution is 2.30. The van der Waals surface area contributed by atoms with Crippen LogP contribution in [-0.4, -0.2) is 25.3 Å². The molecule has 2 aromatic carbocycles. The molecule has 2 atom stereocenters. The standard InChI is InChI=1S/C20H20FNO2/c21-20-10-18(24-11-14-4-2-1-3-5-14)6-7-19(20)15-8-16-12-23-13-17(9-15)22-16/h1-8,10,16-17,22H,9,11-13H2. The molecule has 0 amide bonds. The third-order valence-electron chi connectivity index (χ3n) is 4.47. The lowest BCUT2D eigenvalue weighted by atomic mass is 9.91. The first-order valence-corrected chi connectivity index (χ1v) is 8.29. The van der Waals surface area contributed by atoms with E-state index in [1.165, 1.54) is 6.07 Å². The zero-order chi connectivity index (χ0) is 16.4. The monoisotopic (exact) mass is 325 g/mol. The highest BCUT2D eigenvalue weighted by atomic mass is 19.1. The maximum atomic E-state index is 14.6. The Kier molecular flexibility index (Phi) is 4.32. The number of hydrogen-bond acceptors (Lipinski definition) is 3. The van der Waals surface area contributed by atoms with Gasteiger partial charge in [-0.25, -0.2) is 4.39 Å². The molecule has 0 spiro atoms. The van der Waals surface area contributed by atoms with Crippen LogP contribution in [0.25, 0.3) is 5.57 Å². The normalized spacial score (nSPS) is 22.8. The Labute approximate surface area is 141 Å². The zero-order valence-corrected chi connectivity index (χ0v) is 13.4. The van der Waals surface area contributed by atoms with Gasteiger partial charge in [-0.3, -0.25) is 0 Å². The van der Waals surface area contributed by atoms with Crippen LogP contribution in [0.4, 0.5) is 4.39 Å². The molecule has 2 aromatic rings. The average molecular weight is 325 g/mol. The molecule has 2 aliphatic heterocycles. The molecule has 4 rings (SSSR count). The van der Waals surface area contributed by atoms with E-state index in [0.29, 0.717) is 31.1 Å². The molecular weight excluding hydrogens is 305 g/mol. The largest absolute Gasteiger partial charge is 0.489 e. The quantitative estimate of drug-likeness (QED) is 0.932. The van der Waals surface area contributed by atoms with Gasteiger partial charge in [0.2, 0.25) is 0 Å². The summed E-state index contributed by atoms with van der Waals surface area (Å²) in [7, 11) is 0. The molecule has 4 heteroatoms. The fraction of sp³-hybridized carbons (Fsp3) is 0.300. The van der Waals surface area contributed by atoms with Crippen LogP contribution in [0.15, 0.2) is 54.6 Å². The van der Waals surface area contributed by atoms with E-state index in [4.69, 9.17) is 9.47 Å². The zero-order valence-electron chi connectivity index (χ0n) is 13.4. The molecule has 2 unspecified atom stereocenters. The van der Waals surface area contributed by atoms with Crippen LogP contribution < -0.4 is 10.1 Å². The van der Waals surface area contributed by atoms with E-state index in [0.717, 1.165) is 17.6 Å². The molecule has 0 radical (unpaired) electrons. The number of morpholine rings is 1. The molecule has 124 valence electrons. The van der Waals surface area contributed by atoms with Crippen molar-refractivity contribution in [1.82, 2.24) is 5.32 Å². The average Bonchev–Trinajstić information content (AvgIpc) is 2.60. The van der Waals surface area contributed by atoms with Crippen molar-refractivity contribution in [2.24, 2.45) is 0 Å². The third-order valence-corrected chi connectivity index (χ3v) is 4.47. The van der Waals surface area contributed by atoms with E-state index in [1.807, 2.05) is 42.5 Å². The number of hydrogen-bond donors (Lipinski definition) is 1. The SMILES string of the molecule is Fc1cc(OCc2ccccc2)ccc1C1=CC2COCC(C1)N2. The van der Waals surface area contributed by atoms with Crippen molar-refractivity contribution in [1.29, 1.82) is 0 Å². The third kappa shape index (κ3) is 3.35. The van der Waals surface area contributed by atoms with Crippen LogP contribution in [-0.2, 0) is 11.3 Å². The summed E-state index contributed by atoms with van der Waals surface area (Å²) in [5.41, 5.74) is 2.79. The molecule has 3 nitrogen and oxygen atoms in total. The Bertz CT molecular complexity index is 745. The van der Waals surface area contributed by atoms with Crippen LogP contribution in [0.5, 0.6) is 5.75 Å². The molecule has 1 saturated heterocycles. The van der Waals surface area contributed by atoms with Gasteiger partial charge in [0.25, 0.3) is 0 Å². The van der Waals surface area contributed by atoms with Gasteiger partial charge in [-0.15, -0.1) is 0 Å². The second-order valence-electron chi connectivity index (χ2n) is 6.32. The molecule has 24 heavy (non-hydrogen) atoms. The second-order valence-corrected chi connectivity index (χ2v) is 6.32. The summed E-state index contributed by atoms with van der Waals surface area (Å²) in [5.74, 6) is 0.325. The van der Waals surface area contributed by atoms with Gasteiger partial charge in [0, 0.05) is 23.7 Å². The van der Waals surface area contributed by atoms with Gasteiger partial charge < -0.3 is 14.8 Å². The van der Waals surface area contributed by atoms with Gasteiger partial charge in [0.15, 0.2) is 0 Å². The van der Waals surface area contributed by atoms with E-state index in [-0.39, 0.29) is 17.9 Å². The molecule has 0 aliphatic carbocycles. The van der Waals surface area contributed by atoms with Gasteiger partial charge in [-0.1, -0.05) is 36.4 Å². The van der Waals surface area contributed by atoms with Crippen molar-refractivity contribution in [3.8, 4) is 5.75 Å². The minimum atomic E-state index is -0.229. The van der Waals surface area contributed by atoms with E-state index < -0.39 is 0 Å². The lowest BCUT2D eigenvalue weighted by molar-refractivity contribution is 0.0561. The Hall–Kier alpha value is -2.17. The molecular formula is C20H20FNO2. The number of fused-ring (bicyclic) bond motifs is 2. The number of halogens is 1. The Morgan fingerprint density at radius 3 is 2.79 bits per heavy atom. The summed E-state index contributed by atoms with van der Waals surface area (Å²) in [6, 6.07) is 15.5. The maximum Gasteiger partial charge on any atom is 0.134 e. The number of ether oxygens (including phenoxy) is 2. The fourth-order valence-corrected chi connectivity index (χ4v) is 3.31. The molecule has 0 aromatic heterocycles. The smallest absolute Gasteiger partial charge is 0.134 e. The van der Waals surface area contributed by atoms with Crippen LogP contribution in [0.3, 0.4) is 0 Å². The fourth-order valence-electron chi connectivity index (χ4n) is 3.31. The van der Waals surface area contributed by atoms with Crippen LogP contribution in [0.1, 0.15) is 17.5 Å². The summed E-state index contributed by atoms with van der Waals surface area (Å²) >= 11 is 0. The Morgan fingerprint density at radius 2 is 2.00 bits per heavy atom. The minimum absolute atomic E-state index is 0.181. The van der Waals surface area contributed by atoms with E-state index in [1.54, 1.807) is 0 Å². The first-order chi connectivity index (χ1) is 11.8. The van der Waals surface area contributed by atoms with Gasteiger partial charge >= 0.3 is 0 Å². The Morgan fingerprint density at radius 1 is 1.12 bits per heavy atom. The van der Waals surface area contributed by atoms with Crippen LogP contribution in [0.2, 0.25) is 0 Å².